The summed E-state index contributed by atoms with van der Waals surface area (Å²) in [7, 11) is 1.69. The molecule has 1 atom stereocenters. The largest absolute Gasteiger partial charge is 0.380 e. The average Bonchev–Trinajstić information content (AvgIpc) is 2.97. The maximum atomic E-state index is 11.8. The molecule has 1 aliphatic heterocycles. The van der Waals surface area contributed by atoms with E-state index in [2.05, 4.69) is 16.7 Å². The topological polar surface area (TPSA) is 50.4 Å². The first-order chi connectivity index (χ1) is 9.78. The molecule has 1 aromatic carbocycles. The number of nitrogens with one attached hydrogen (secondary N) is 2. The summed E-state index contributed by atoms with van der Waals surface area (Å²) < 4.78 is 5.11. The Bertz CT molecular complexity index is 428. The van der Waals surface area contributed by atoms with Gasteiger partial charge >= 0.3 is 0 Å². The van der Waals surface area contributed by atoms with E-state index in [1.807, 2.05) is 18.2 Å². The predicted molar refractivity (Wildman–Crippen MR) is 79.3 cm³/mol. The molecule has 1 aromatic rings. The predicted octanol–water partition coefficient (Wildman–Crippen LogP) is 1.98. The molecule has 110 valence electrons. The fourth-order valence-electron chi connectivity index (χ4n) is 2.59. The normalized spacial score (nSPS) is 18.1. The molecular formula is C16H24N2O2. The van der Waals surface area contributed by atoms with Crippen LogP contribution in [0.1, 0.15) is 36.8 Å². The van der Waals surface area contributed by atoms with Gasteiger partial charge in [-0.15, -0.1) is 0 Å². The van der Waals surface area contributed by atoms with Crippen molar-refractivity contribution in [2.75, 3.05) is 13.7 Å². The Hall–Kier alpha value is -1.39. The van der Waals surface area contributed by atoms with Crippen LogP contribution in [-0.2, 0) is 22.7 Å². The highest BCUT2D eigenvalue weighted by molar-refractivity contribution is 5.75. The number of amides is 1. The minimum Gasteiger partial charge on any atom is -0.380 e. The maximum Gasteiger partial charge on any atom is 0.220 e. The van der Waals surface area contributed by atoms with Gasteiger partial charge in [-0.05, 0) is 36.9 Å². The maximum absolute atomic E-state index is 11.8. The van der Waals surface area contributed by atoms with Crippen molar-refractivity contribution < 1.29 is 9.53 Å². The number of rotatable bonds is 7. The molecule has 1 unspecified atom stereocenters. The number of hydrogen-bond acceptors (Lipinski definition) is 3. The van der Waals surface area contributed by atoms with Crippen LogP contribution in [0.15, 0.2) is 24.3 Å². The van der Waals surface area contributed by atoms with E-state index >= 15 is 0 Å². The van der Waals surface area contributed by atoms with Crippen LogP contribution in [0.4, 0.5) is 0 Å². The van der Waals surface area contributed by atoms with Crippen LogP contribution < -0.4 is 10.6 Å². The summed E-state index contributed by atoms with van der Waals surface area (Å²) in [5.74, 6) is 0.135. The number of carbonyl (C=O) groups is 1. The summed E-state index contributed by atoms with van der Waals surface area (Å²) in [6.07, 6.45) is 3.98. The van der Waals surface area contributed by atoms with Gasteiger partial charge in [0, 0.05) is 26.1 Å². The van der Waals surface area contributed by atoms with Crippen molar-refractivity contribution in [2.24, 2.45) is 0 Å². The lowest BCUT2D eigenvalue weighted by molar-refractivity contribution is -0.121. The van der Waals surface area contributed by atoms with Gasteiger partial charge in [0.2, 0.25) is 5.91 Å². The van der Waals surface area contributed by atoms with Crippen molar-refractivity contribution in [2.45, 2.75) is 44.9 Å². The lowest BCUT2D eigenvalue weighted by atomic mass is 10.1. The van der Waals surface area contributed by atoms with Crippen LogP contribution in [0, 0.1) is 0 Å². The number of methoxy groups -OCH3 is 1. The zero-order valence-corrected chi connectivity index (χ0v) is 12.2. The lowest BCUT2D eigenvalue weighted by Crippen LogP contribution is -2.27. The summed E-state index contributed by atoms with van der Waals surface area (Å²) in [4.78, 5) is 11.8. The Morgan fingerprint density at radius 3 is 3.05 bits per heavy atom. The Balaban J connectivity index is 1.70. The Kier molecular flexibility index (Phi) is 6.02. The summed E-state index contributed by atoms with van der Waals surface area (Å²) in [6, 6.07) is 8.66. The van der Waals surface area contributed by atoms with E-state index in [9.17, 15) is 4.79 Å². The Labute approximate surface area is 120 Å². The van der Waals surface area contributed by atoms with Gasteiger partial charge in [0.1, 0.15) is 0 Å². The zero-order valence-electron chi connectivity index (χ0n) is 12.2. The molecule has 1 heterocycles. The average molecular weight is 276 g/mol. The molecule has 0 bridgehead atoms. The van der Waals surface area contributed by atoms with Gasteiger partial charge in [0.25, 0.3) is 0 Å². The first-order valence-electron chi connectivity index (χ1n) is 7.35. The molecular weight excluding hydrogens is 252 g/mol. The fraction of sp³-hybridized carbons (Fsp3) is 0.562. The molecule has 4 heteroatoms. The van der Waals surface area contributed by atoms with Gasteiger partial charge in [-0.25, -0.2) is 0 Å². The first kappa shape index (κ1) is 15.0. The van der Waals surface area contributed by atoms with Gasteiger partial charge in [0.15, 0.2) is 0 Å². The molecule has 1 amide bonds. The van der Waals surface area contributed by atoms with Crippen LogP contribution in [0.25, 0.3) is 0 Å². The highest BCUT2D eigenvalue weighted by Gasteiger charge is 2.14. The van der Waals surface area contributed by atoms with Crippen LogP contribution in [0.3, 0.4) is 0 Å². The molecule has 1 fully saturated rings. The van der Waals surface area contributed by atoms with Crippen molar-refractivity contribution in [3.8, 4) is 0 Å². The molecule has 20 heavy (non-hydrogen) atoms. The Morgan fingerprint density at radius 2 is 2.30 bits per heavy atom. The summed E-state index contributed by atoms with van der Waals surface area (Å²) in [5.41, 5.74) is 2.25. The molecule has 2 N–H and O–H groups in total. The number of benzene rings is 1. The fourth-order valence-corrected chi connectivity index (χ4v) is 2.59. The third-order valence-electron chi connectivity index (χ3n) is 3.67. The summed E-state index contributed by atoms with van der Waals surface area (Å²) >= 11 is 0. The second-order valence-corrected chi connectivity index (χ2v) is 5.36. The summed E-state index contributed by atoms with van der Waals surface area (Å²) in [5, 5.41) is 6.40. The monoisotopic (exact) mass is 276 g/mol. The highest BCUT2D eigenvalue weighted by atomic mass is 16.5. The SMILES string of the molecule is COCc1cccc(CNC(=O)CCC2CCCN2)c1. The molecule has 1 aliphatic rings. The molecule has 0 spiro atoms. The molecule has 0 saturated carbocycles. The second-order valence-electron chi connectivity index (χ2n) is 5.36. The van der Waals surface area contributed by atoms with Crippen LogP contribution in [0.2, 0.25) is 0 Å². The molecule has 4 nitrogen and oxygen atoms in total. The van der Waals surface area contributed by atoms with Gasteiger partial charge in [-0.2, -0.15) is 0 Å². The van der Waals surface area contributed by atoms with E-state index in [0.29, 0.717) is 25.6 Å². The van der Waals surface area contributed by atoms with Crippen LogP contribution in [0.5, 0.6) is 0 Å². The molecule has 1 saturated heterocycles. The minimum absolute atomic E-state index is 0.135. The lowest BCUT2D eigenvalue weighted by Gasteiger charge is -2.10. The standard InChI is InChI=1S/C16H24N2O2/c1-20-12-14-5-2-4-13(10-14)11-18-16(19)8-7-15-6-3-9-17-15/h2,4-5,10,15,17H,3,6-9,11-12H2,1H3,(H,18,19). The van der Waals surface area contributed by atoms with E-state index in [0.717, 1.165) is 24.1 Å². The van der Waals surface area contributed by atoms with E-state index in [1.165, 1.54) is 12.8 Å². The second kappa shape index (κ2) is 8.02. The van der Waals surface area contributed by atoms with Crippen molar-refractivity contribution in [1.82, 2.24) is 10.6 Å². The van der Waals surface area contributed by atoms with Crippen molar-refractivity contribution in [1.29, 1.82) is 0 Å². The van der Waals surface area contributed by atoms with Gasteiger partial charge in [0.05, 0.1) is 6.61 Å². The van der Waals surface area contributed by atoms with Crippen molar-refractivity contribution in [3.05, 3.63) is 35.4 Å². The minimum atomic E-state index is 0.135. The first-order valence-corrected chi connectivity index (χ1v) is 7.35. The molecule has 0 aliphatic carbocycles. The van der Waals surface area contributed by atoms with Gasteiger partial charge in [-0.1, -0.05) is 24.3 Å². The third-order valence-corrected chi connectivity index (χ3v) is 3.67. The van der Waals surface area contributed by atoms with E-state index in [1.54, 1.807) is 7.11 Å². The quantitative estimate of drug-likeness (QED) is 0.800. The highest BCUT2D eigenvalue weighted by Crippen LogP contribution is 2.11. The number of carbonyl (C=O) groups excluding carboxylic acids is 1. The van der Waals surface area contributed by atoms with E-state index < -0.39 is 0 Å². The van der Waals surface area contributed by atoms with Gasteiger partial charge in [-0.3, -0.25) is 4.79 Å². The van der Waals surface area contributed by atoms with E-state index in [-0.39, 0.29) is 5.91 Å². The van der Waals surface area contributed by atoms with Crippen molar-refractivity contribution in [3.63, 3.8) is 0 Å². The van der Waals surface area contributed by atoms with Gasteiger partial charge < -0.3 is 15.4 Å². The van der Waals surface area contributed by atoms with E-state index in [4.69, 9.17) is 4.74 Å². The zero-order chi connectivity index (χ0) is 14.2. The number of hydrogen-bond donors (Lipinski definition) is 2. The van der Waals surface area contributed by atoms with Crippen molar-refractivity contribution >= 4 is 5.91 Å². The molecule has 0 radical (unpaired) electrons. The Morgan fingerprint density at radius 1 is 1.45 bits per heavy atom. The molecule has 0 aromatic heterocycles. The third kappa shape index (κ3) is 4.94. The number of ether oxygens (including phenoxy) is 1. The smallest absolute Gasteiger partial charge is 0.220 e. The summed E-state index contributed by atoms with van der Waals surface area (Å²) in [6.45, 7) is 2.29. The van der Waals surface area contributed by atoms with Crippen LogP contribution >= 0.6 is 0 Å². The molecule has 2 rings (SSSR count). The van der Waals surface area contributed by atoms with Crippen LogP contribution in [-0.4, -0.2) is 25.6 Å².